The van der Waals surface area contributed by atoms with Crippen molar-refractivity contribution in [1.82, 2.24) is 15.2 Å². The van der Waals surface area contributed by atoms with Crippen LogP contribution >= 0.6 is 0 Å². The van der Waals surface area contributed by atoms with Gasteiger partial charge in [-0.25, -0.2) is 4.98 Å². The van der Waals surface area contributed by atoms with Crippen LogP contribution in [-0.4, -0.2) is 55.2 Å². The Morgan fingerprint density at radius 3 is 2.73 bits per heavy atom. The molecule has 3 heterocycles. The fraction of sp³-hybridized carbons (Fsp3) is 0.391. The summed E-state index contributed by atoms with van der Waals surface area (Å²) in [4.78, 5) is 19.4. The van der Waals surface area contributed by atoms with Crippen molar-refractivity contribution in [2.24, 2.45) is 0 Å². The van der Waals surface area contributed by atoms with Crippen molar-refractivity contribution in [2.75, 3.05) is 44.7 Å². The van der Waals surface area contributed by atoms with Crippen LogP contribution in [0.2, 0.25) is 0 Å². The van der Waals surface area contributed by atoms with Gasteiger partial charge in [0.25, 0.3) is 5.91 Å². The number of para-hydroxylation sites is 1. The van der Waals surface area contributed by atoms with Crippen LogP contribution in [0, 0.1) is 13.8 Å². The van der Waals surface area contributed by atoms with Crippen LogP contribution in [0.4, 0.5) is 5.82 Å². The molecular weight excluding hydrogens is 380 g/mol. The third-order valence-corrected chi connectivity index (χ3v) is 5.30. The van der Waals surface area contributed by atoms with Crippen LogP contribution in [0.3, 0.4) is 0 Å². The van der Waals surface area contributed by atoms with Crippen molar-refractivity contribution in [3.63, 3.8) is 0 Å². The molecule has 0 unspecified atom stereocenters. The molecule has 0 saturated carbocycles. The molecule has 1 saturated heterocycles. The van der Waals surface area contributed by atoms with Gasteiger partial charge in [-0.3, -0.25) is 9.69 Å². The number of hydrogen-bond donors (Lipinski definition) is 2. The second-order valence-electron chi connectivity index (χ2n) is 7.64. The van der Waals surface area contributed by atoms with E-state index in [-0.39, 0.29) is 5.91 Å². The number of hydrogen-bond acceptors (Lipinski definition) is 6. The molecular formula is C23H28N4O3. The van der Waals surface area contributed by atoms with Gasteiger partial charge in [-0.1, -0.05) is 18.2 Å². The number of carbonyl (C=O) groups is 1. The van der Waals surface area contributed by atoms with Gasteiger partial charge in [-0.2, -0.15) is 0 Å². The summed E-state index contributed by atoms with van der Waals surface area (Å²) in [5, 5.41) is 7.36. The highest BCUT2D eigenvalue weighted by molar-refractivity contribution is 5.92. The topological polar surface area (TPSA) is 79.6 Å². The molecule has 3 aromatic rings. The number of ether oxygens (including phenoxy) is 1. The van der Waals surface area contributed by atoms with E-state index < -0.39 is 0 Å². The largest absolute Gasteiger partial charge is 0.454 e. The smallest absolute Gasteiger partial charge is 0.287 e. The number of morpholine rings is 1. The van der Waals surface area contributed by atoms with E-state index in [4.69, 9.17) is 9.15 Å². The SMILES string of the molecule is Cc1cc(CN2CCOCC2)oc1C(=O)NCCNc1cc(C)c2ccccc2n1. The van der Waals surface area contributed by atoms with E-state index in [1.807, 2.05) is 37.3 Å². The van der Waals surface area contributed by atoms with Gasteiger partial charge in [-0.15, -0.1) is 0 Å². The molecule has 2 N–H and O–H groups in total. The zero-order chi connectivity index (χ0) is 20.9. The Balaban J connectivity index is 1.29. The standard InChI is InChI=1S/C23H28N4O3/c1-16-14-21(26-20-6-4-3-5-19(16)20)24-7-8-25-23(28)22-17(2)13-18(30-22)15-27-9-11-29-12-10-27/h3-6,13-14H,7-12,15H2,1-2H3,(H,24,26)(H,25,28). The Hall–Kier alpha value is -2.90. The minimum atomic E-state index is -0.190. The van der Waals surface area contributed by atoms with Crippen LogP contribution in [0.15, 0.2) is 40.8 Å². The number of fused-ring (bicyclic) bond motifs is 1. The first-order chi connectivity index (χ1) is 14.6. The van der Waals surface area contributed by atoms with E-state index in [2.05, 4.69) is 33.5 Å². The lowest BCUT2D eigenvalue weighted by Gasteiger charge is -2.25. The molecule has 1 amide bonds. The lowest BCUT2D eigenvalue weighted by Crippen LogP contribution is -2.35. The third-order valence-electron chi connectivity index (χ3n) is 5.30. The summed E-state index contributed by atoms with van der Waals surface area (Å²) in [6.45, 7) is 8.99. The van der Waals surface area contributed by atoms with Crippen molar-refractivity contribution in [2.45, 2.75) is 20.4 Å². The highest BCUT2D eigenvalue weighted by Crippen LogP contribution is 2.20. The van der Waals surface area contributed by atoms with Crippen LogP contribution in [0.1, 0.15) is 27.4 Å². The molecule has 2 aromatic heterocycles. The minimum Gasteiger partial charge on any atom is -0.454 e. The van der Waals surface area contributed by atoms with Crippen LogP contribution < -0.4 is 10.6 Å². The molecule has 0 atom stereocenters. The monoisotopic (exact) mass is 408 g/mol. The zero-order valence-corrected chi connectivity index (χ0v) is 17.5. The second kappa shape index (κ2) is 9.28. The first kappa shape index (κ1) is 20.4. The molecule has 4 rings (SSSR count). The average molecular weight is 409 g/mol. The Labute approximate surface area is 176 Å². The van der Waals surface area contributed by atoms with Gasteiger partial charge in [0.05, 0.1) is 25.3 Å². The third kappa shape index (κ3) is 4.80. The number of carbonyl (C=O) groups excluding carboxylic acids is 1. The first-order valence-corrected chi connectivity index (χ1v) is 10.4. The fourth-order valence-electron chi connectivity index (χ4n) is 3.72. The number of amides is 1. The molecule has 30 heavy (non-hydrogen) atoms. The predicted molar refractivity (Wildman–Crippen MR) is 117 cm³/mol. The summed E-state index contributed by atoms with van der Waals surface area (Å²) in [5.74, 6) is 1.82. The number of aromatic nitrogens is 1. The quantitative estimate of drug-likeness (QED) is 0.585. The van der Waals surface area contributed by atoms with E-state index in [9.17, 15) is 4.79 Å². The fourth-order valence-corrected chi connectivity index (χ4v) is 3.72. The van der Waals surface area contributed by atoms with E-state index >= 15 is 0 Å². The summed E-state index contributed by atoms with van der Waals surface area (Å²) < 4.78 is 11.2. The maximum atomic E-state index is 12.5. The molecule has 7 nitrogen and oxygen atoms in total. The summed E-state index contributed by atoms with van der Waals surface area (Å²) in [7, 11) is 0. The zero-order valence-electron chi connectivity index (χ0n) is 17.5. The van der Waals surface area contributed by atoms with Crippen LogP contribution in [-0.2, 0) is 11.3 Å². The van der Waals surface area contributed by atoms with Crippen molar-refractivity contribution in [3.8, 4) is 0 Å². The average Bonchev–Trinajstić information content (AvgIpc) is 3.12. The predicted octanol–water partition coefficient (Wildman–Crippen LogP) is 3.12. The van der Waals surface area contributed by atoms with Gasteiger partial charge in [0, 0.05) is 37.1 Å². The number of nitrogens with one attached hydrogen (secondary N) is 2. The number of nitrogens with zero attached hydrogens (tertiary/aromatic N) is 2. The van der Waals surface area contributed by atoms with E-state index in [0.717, 1.165) is 54.3 Å². The number of benzene rings is 1. The second-order valence-corrected chi connectivity index (χ2v) is 7.64. The molecule has 1 fully saturated rings. The van der Waals surface area contributed by atoms with Gasteiger partial charge < -0.3 is 19.8 Å². The summed E-state index contributed by atoms with van der Waals surface area (Å²) in [5.41, 5.74) is 2.99. The Morgan fingerprint density at radius 2 is 1.90 bits per heavy atom. The van der Waals surface area contributed by atoms with Gasteiger partial charge in [-0.05, 0) is 37.6 Å². The molecule has 0 radical (unpaired) electrons. The van der Waals surface area contributed by atoms with Crippen LogP contribution in [0.5, 0.6) is 0 Å². The van der Waals surface area contributed by atoms with E-state index in [1.54, 1.807) is 0 Å². The highest BCUT2D eigenvalue weighted by atomic mass is 16.5. The first-order valence-electron chi connectivity index (χ1n) is 10.4. The van der Waals surface area contributed by atoms with E-state index in [1.165, 1.54) is 5.56 Å². The van der Waals surface area contributed by atoms with E-state index in [0.29, 0.717) is 25.4 Å². The van der Waals surface area contributed by atoms with Gasteiger partial charge in [0.1, 0.15) is 11.6 Å². The normalized spacial score (nSPS) is 14.7. The summed E-state index contributed by atoms with van der Waals surface area (Å²) >= 11 is 0. The number of furan rings is 1. The Kier molecular flexibility index (Phi) is 6.30. The van der Waals surface area contributed by atoms with Crippen molar-refractivity contribution in [3.05, 3.63) is 59.0 Å². The Morgan fingerprint density at radius 1 is 1.10 bits per heavy atom. The van der Waals surface area contributed by atoms with Crippen molar-refractivity contribution >= 4 is 22.6 Å². The molecule has 1 aromatic carbocycles. The van der Waals surface area contributed by atoms with Gasteiger partial charge >= 0.3 is 0 Å². The Bertz CT molecular complexity index is 1020. The molecule has 1 aliphatic rings. The minimum absolute atomic E-state index is 0.190. The molecule has 1 aliphatic heterocycles. The molecule has 7 heteroatoms. The number of pyridine rings is 1. The molecule has 158 valence electrons. The molecule has 0 bridgehead atoms. The van der Waals surface area contributed by atoms with Crippen LogP contribution in [0.25, 0.3) is 10.9 Å². The lowest BCUT2D eigenvalue weighted by molar-refractivity contribution is 0.0311. The molecule has 0 aliphatic carbocycles. The maximum Gasteiger partial charge on any atom is 0.287 e. The van der Waals surface area contributed by atoms with Crippen molar-refractivity contribution < 1.29 is 13.9 Å². The molecule has 0 spiro atoms. The van der Waals surface area contributed by atoms with Gasteiger partial charge in [0.15, 0.2) is 5.76 Å². The number of anilines is 1. The maximum absolute atomic E-state index is 12.5. The number of rotatable bonds is 7. The van der Waals surface area contributed by atoms with Crippen molar-refractivity contribution in [1.29, 1.82) is 0 Å². The van der Waals surface area contributed by atoms with Gasteiger partial charge in [0.2, 0.25) is 0 Å². The lowest BCUT2D eigenvalue weighted by atomic mass is 10.1. The summed E-state index contributed by atoms with van der Waals surface area (Å²) in [6.07, 6.45) is 0. The number of aryl methyl sites for hydroxylation is 2. The summed E-state index contributed by atoms with van der Waals surface area (Å²) in [6, 6.07) is 12.0. The highest BCUT2D eigenvalue weighted by Gasteiger charge is 2.18.